The van der Waals surface area contributed by atoms with E-state index in [-0.39, 0.29) is 38.6 Å². The highest BCUT2D eigenvalue weighted by atomic mass is 16.4. The third kappa shape index (κ3) is 29.7. The highest BCUT2D eigenvalue weighted by Crippen LogP contribution is 2.13. The Balaban J connectivity index is 4.40. The number of amides is 1. The molecule has 0 aromatic carbocycles. The smallest absolute Gasteiger partial charge is 0.317 e. The van der Waals surface area contributed by atoms with Gasteiger partial charge in [-0.15, -0.1) is 0 Å². The lowest BCUT2D eigenvalue weighted by molar-refractivity contribution is -0.143. The summed E-state index contributed by atoms with van der Waals surface area (Å²) >= 11 is 0. The molecule has 0 aliphatic carbocycles. The first-order chi connectivity index (χ1) is 21.5. The first-order valence-corrected chi connectivity index (χ1v) is 16.8. The molecule has 262 valence electrons. The monoisotopic (exact) mass is 644 g/mol. The van der Waals surface area contributed by atoms with Gasteiger partial charge in [0.25, 0.3) is 0 Å². The number of nitrogens with zero attached hydrogens (tertiary/aromatic N) is 3. The van der Waals surface area contributed by atoms with Gasteiger partial charge in [0.15, 0.2) is 0 Å². The lowest BCUT2D eigenvalue weighted by Gasteiger charge is -2.28. The molecule has 0 aromatic rings. The van der Waals surface area contributed by atoms with Gasteiger partial charge in [-0.25, -0.2) is 0 Å². The summed E-state index contributed by atoms with van der Waals surface area (Å²) in [7, 11) is 0. The summed E-state index contributed by atoms with van der Waals surface area (Å²) in [6, 6.07) is 0. The van der Waals surface area contributed by atoms with Crippen LogP contribution in [-0.2, 0) is 24.0 Å². The zero-order chi connectivity index (χ0) is 33.7. The van der Waals surface area contributed by atoms with Gasteiger partial charge < -0.3 is 25.7 Å². The number of unbranched alkanes of at least 4 members (excludes halogenated alkanes) is 15. The zero-order valence-electron chi connectivity index (χ0n) is 27.6. The molecular formula is C32H60N4O9. The Hall–Kier alpha value is -2.77. The van der Waals surface area contributed by atoms with Crippen LogP contribution in [0.5, 0.6) is 0 Å². The highest BCUT2D eigenvalue weighted by Gasteiger charge is 2.19. The van der Waals surface area contributed by atoms with E-state index in [1.165, 1.54) is 93.3 Å². The zero-order valence-corrected chi connectivity index (χ0v) is 27.6. The number of carbonyl (C=O) groups is 5. The minimum Gasteiger partial charge on any atom is -0.480 e. The van der Waals surface area contributed by atoms with Crippen molar-refractivity contribution in [2.24, 2.45) is 0 Å². The van der Waals surface area contributed by atoms with Crippen LogP contribution in [0.2, 0.25) is 0 Å². The Labute approximate surface area is 269 Å². The van der Waals surface area contributed by atoms with Gasteiger partial charge in [-0.05, 0) is 6.42 Å². The third-order valence-corrected chi connectivity index (χ3v) is 7.62. The number of aliphatic carboxylic acids is 4. The molecule has 1 amide bonds. The van der Waals surface area contributed by atoms with E-state index in [2.05, 4.69) is 12.2 Å². The Morgan fingerprint density at radius 1 is 0.422 bits per heavy atom. The first kappa shape index (κ1) is 42.2. The van der Waals surface area contributed by atoms with Crippen molar-refractivity contribution < 1.29 is 44.4 Å². The molecule has 0 rings (SSSR count). The van der Waals surface area contributed by atoms with Crippen molar-refractivity contribution in [1.29, 1.82) is 0 Å². The van der Waals surface area contributed by atoms with Gasteiger partial charge in [0.2, 0.25) is 5.91 Å². The molecule has 0 unspecified atom stereocenters. The summed E-state index contributed by atoms with van der Waals surface area (Å²) in [5, 5.41) is 39.3. The van der Waals surface area contributed by atoms with Crippen molar-refractivity contribution >= 4 is 29.8 Å². The molecule has 0 spiro atoms. The van der Waals surface area contributed by atoms with Crippen molar-refractivity contribution in [2.45, 2.75) is 110 Å². The minimum absolute atomic E-state index is 0.0445. The van der Waals surface area contributed by atoms with Crippen LogP contribution in [0, 0.1) is 0 Å². The fourth-order valence-corrected chi connectivity index (χ4v) is 5.19. The van der Waals surface area contributed by atoms with E-state index in [1.807, 2.05) is 0 Å². The second kappa shape index (κ2) is 28.7. The molecule has 0 aliphatic rings. The summed E-state index contributed by atoms with van der Waals surface area (Å²) in [5.41, 5.74) is 0. The lowest BCUT2D eigenvalue weighted by Crippen LogP contribution is -2.47. The van der Waals surface area contributed by atoms with E-state index >= 15 is 0 Å². The summed E-state index contributed by atoms with van der Waals surface area (Å²) in [6.07, 6.45) is 20.2. The first-order valence-electron chi connectivity index (χ1n) is 16.8. The molecular weight excluding hydrogens is 584 g/mol. The molecule has 0 fully saturated rings. The van der Waals surface area contributed by atoms with Crippen molar-refractivity contribution in [3.8, 4) is 0 Å². The normalized spacial score (nSPS) is 11.4. The van der Waals surface area contributed by atoms with E-state index in [4.69, 9.17) is 20.4 Å². The van der Waals surface area contributed by atoms with Gasteiger partial charge in [0, 0.05) is 32.7 Å². The predicted molar refractivity (Wildman–Crippen MR) is 172 cm³/mol. The highest BCUT2D eigenvalue weighted by molar-refractivity contribution is 5.78. The molecule has 0 aliphatic heterocycles. The van der Waals surface area contributed by atoms with Crippen molar-refractivity contribution in [2.75, 3.05) is 65.4 Å². The number of hydrogen-bond donors (Lipinski definition) is 5. The fourth-order valence-electron chi connectivity index (χ4n) is 5.19. The molecule has 0 heterocycles. The minimum atomic E-state index is -1.19. The molecule has 0 bridgehead atoms. The van der Waals surface area contributed by atoms with E-state index in [1.54, 1.807) is 4.90 Å². The van der Waals surface area contributed by atoms with E-state index in [0.717, 1.165) is 19.3 Å². The number of carboxylic acid groups (broad SMARTS) is 4. The standard InChI is InChI=1S/C32H60N4O9/c1-2-3-4-5-6-7-8-9-10-11-12-13-14-15-16-17-18-33-28(37)23-34(19-21-35(24-29(38)39)25-30(40)41)20-22-36(26-31(42)43)27-32(44)45/h2-27H2,1H3,(H,33,37)(H,38,39)(H,40,41)(H,42,43)(H,44,45). The van der Waals surface area contributed by atoms with E-state index in [9.17, 15) is 24.0 Å². The number of rotatable bonds is 33. The maximum absolute atomic E-state index is 12.7. The average molecular weight is 645 g/mol. The van der Waals surface area contributed by atoms with Crippen LogP contribution in [-0.4, -0.2) is 130 Å². The topological polar surface area (TPSA) is 188 Å². The number of carbonyl (C=O) groups excluding carboxylic acids is 1. The molecule has 5 N–H and O–H groups in total. The second-order valence-electron chi connectivity index (χ2n) is 11.9. The third-order valence-electron chi connectivity index (χ3n) is 7.62. The van der Waals surface area contributed by atoms with Crippen LogP contribution in [0.1, 0.15) is 110 Å². The lowest BCUT2D eigenvalue weighted by atomic mass is 10.0. The van der Waals surface area contributed by atoms with E-state index in [0.29, 0.717) is 6.54 Å². The summed E-state index contributed by atoms with van der Waals surface area (Å²) < 4.78 is 0. The SMILES string of the molecule is CCCCCCCCCCCCCCCCCCNC(=O)CN(CCN(CC(=O)O)CC(=O)O)CCN(CC(=O)O)CC(=O)O. The predicted octanol–water partition coefficient (Wildman–Crippen LogP) is 3.61. The molecule has 13 nitrogen and oxygen atoms in total. The van der Waals surface area contributed by atoms with Gasteiger partial charge in [0.1, 0.15) is 0 Å². The Morgan fingerprint density at radius 3 is 1.02 bits per heavy atom. The van der Waals surface area contributed by atoms with Crippen LogP contribution in [0.3, 0.4) is 0 Å². The maximum Gasteiger partial charge on any atom is 0.317 e. The fraction of sp³-hybridized carbons (Fsp3) is 0.844. The van der Waals surface area contributed by atoms with Crippen molar-refractivity contribution in [3.63, 3.8) is 0 Å². The van der Waals surface area contributed by atoms with Crippen LogP contribution in [0.4, 0.5) is 0 Å². The Morgan fingerprint density at radius 2 is 0.711 bits per heavy atom. The van der Waals surface area contributed by atoms with Crippen LogP contribution >= 0.6 is 0 Å². The van der Waals surface area contributed by atoms with Gasteiger partial charge in [0.05, 0.1) is 32.7 Å². The molecule has 45 heavy (non-hydrogen) atoms. The van der Waals surface area contributed by atoms with Crippen LogP contribution in [0.25, 0.3) is 0 Å². The second-order valence-corrected chi connectivity index (χ2v) is 11.9. The van der Waals surface area contributed by atoms with Crippen LogP contribution < -0.4 is 5.32 Å². The summed E-state index contributed by atoms with van der Waals surface area (Å²) in [5.74, 6) is -5.01. The number of hydrogen-bond acceptors (Lipinski definition) is 8. The van der Waals surface area contributed by atoms with Gasteiger partial charge in [-0.2, -0.15) is 0 Å². The number of carboxylic acids is 4. The summed E-state index contributed by atoms with van der Waals surface area (Å²) in [4.78, 5) is 61.3. The van der Waals surface area contributed by atoms with Gasteiger partial charge in [-0.3, -0.25) is 38.7 Å². The van der Waals surface area contributed by atoms with Gasteiger partial charge >= 0.3 is 23.9 Å². The number of nitrogens with one attached hydrogen (secondary N) is 1. The van der Waals surface area contributed by atoms with Crippen molar-refractivity contribution in [1.82, 2.24) is 20.0 Å². The molecule has 13 heteroatoms. The maximum atomic E-state index is 12.7. The quantitative estimate of drug-likeness (QED) is 0.0654. The van der Waals surface area contributed by atoms with E-state index < -0.39 is 50.1 Å². The molecule has 0 aromatic heterocycles. The average Bonchev–Trinajstić information content (AvgIpc) is 2.94. The molecule has 0 saturated heterocycles. The summed E-state index contributed by atoms with van der Waals surface area (Å²) in [6.45, 7) is 1.10. The Kier molecular flexibility index (Phi) is 26.9. The largest absolute Gasteiger partial charge is 0.480 e. The Bertz CT molecular complexity index is 756. The van der Waals surface area contributed by atoms with Crippen molar-refractivity contribution in [3.05, 3.63) is 0 Å². The van der Waals surface area contributed by atoms with Gasteiger partial charge in [-0.1, -0.05) is 103 Å². The molecule has 0 saturated carbocycles. The molecule has 0 atom stereocenters. The molecule has 0 radical (unpaired) electrons. The van der Waals surface area contributed by atoms with Crippen LogP contribution in [0.15, 0.2) is 0 Å².